The van der Waals surface area contributed by atoms with Gasteiger partial charge in [0.25, 0.3) is 16.9 Å². The van der Waals surface area contributed by atoms with E-state index in [1.807, 2.05) is 4.90 Å². The molecule has 31 heavy (non-hydrogen) atoms. The van der Waals surface area contributed by atoms with Crippen molar-refractivity contribution < 1.29 is 9.85 Å². The first kappa shape index (κ1) is 20.2. The second-order valence-corrected chi connectivity index (χ2v) is 7.25. The Bertz CT molecular complexity index is 1240. The quantitative estimate of drug-likeness (QED) is 0.360. The van der Waals surface area contributed by atoms with Gasteiger partial charge in [-0.3, -0.25) is 29.9 Å². The summed E-state index contributed by atoms with van der Waals surface area (Å²) in [4.78, 5) is 42.9. The molecule has 0 spiro atoms. The molecule has 0 unspecified atom stereocenters. The molecule has 4 rings (SSSR count). The number of nitrogen functional groups attached to an aromatic ring is 1. The van der Waals surface area contributed by atoms with Crippen molar-refractivity contribution in [2.45, 2.75) is 19.5 Å². The lowest BCUT2D eigenvalue weighted by molar-refractivity contribution is -0.394. The number of anilines is 1. The zero-order valence-corrected chi connectivity index (χ0v) is 16.3. The van der Waals surface area contributed by atoms with Gasteiger partial charge in [-0.25, -0.2) is 4.98 Å². The third-order valence-electron chi connectivity index (χ3n) is 5.20. The van der Waals surface area contributed by atoms with Crippen LogP contribution < -0.4 is 11.3 Å². The molecule has 1 aromatic heterocycles. The molecule has 1 aliphatic rings. The number of benzene rings is 2. The van der Waals surface area contributed by atoms with Crippen LogP contribution in [0.1, 0.15) is 16.8 Å². The van der Waals surface area contributed by atoms with E-state index in [1.165, 1.54) is 12.1 Å². The Balaban J connectivity index is 1.59. The third-order valence-corrected chi connectivity index (χ3v) is 5.20. The number of non-ortho nitro benzene ring substituents is 1. The molecule has 3 aromatic rings. The van der Waals surface area contributed by atoms with Crippen LogP contribution >= 0.6 is 0 Å². The fourth-order valence-corrected chi connectivity index (χ4v) is 3.60. The minimum atomic E-state index is -0.669. The highest BCUT2D eigenvalue weighted by Crippen LogP contribution is 2.27. The molecule has 0 atom stereocenters. The number of nitrogens with one attached hydrogen (secondary N) is 1. The maximum absolute atomic E-state index is 12.7. The normalized spacial score (nSPS) is 13.5. The number of H-pyrrole nitrogens is 1. The van der Waals surface area contributed by atoms with Crippen LogP contribution in [-0.4, -0.2) is 31.3 Å². The first-order chi connectivity index (χ1) is 14.8. The number of nitrogens with two attached hydrogens (primary N) is 1. The molecule has 11 heteroatoms. The molecule has 0 saturated heterocycles. The topological polar surface area (TPSA) is 161 Å². The van der Waals surface area contributed by atoms with E-state index < -0.39 is 9.85 Å². The van der Waals surface area contributed by atoms with E-state index in [0.29, 0.717) is 41.3 Å². The number of nitro groups is 2. The van der Waals surface area contributed by atoms with E-state index in [2.05, 4.69) is 9.97 Å². The number of rotatable bonds is 5. The van der Waals surface area contributed by atoms with Gasteiger partial charge in [0.05, 0.1) is 27.2 Å². The summed E-state index contributed by atoms with van der Waals surface area (Å²) in [7, 11) is 0. The van der Waals surface area contributed by atoms with E-state index in [-0.39, 0.29) is 30.0 Å². The van der Waals surface area contributed by atoms with Crippen LogP contribution in [-0.2, 0) is 19.5 Å². The van der Waals surface area contributed by atoms with Gasteiger partial charge in [0.1, 0.15) is 5.82 Å². The molecule has 0 amide bonds. The monoisotopic (exact) mass is 422 g/mol. The number of aromatic nitrogens is 2. The third kappa shape index (κ3) is 4.12. The van der Waals surface area contributed by atoms with Crippen LogP contribution in [0.2, 0.25) is 0 Å². The van der Waals surface area contributed by atoms with Gasteiger partial charge in [-0.15, -0.1) is 0 Å². The van der Waals surface area contributed by atoms with Gasteiger partial charge in [-0.05, 0) is 30.3 Å². The molecule has 2 heterocycles. The minimum absolute atomic E-state index is 0.187. The highest BCUT2D eigenvalue weighted by molar-refractivity contribution is 5.59. The predicted molar refractivity (Wildman–Crippen MR) is 112 cm³/mol. The lowest BCUT2D eigenvalue weighted by Gasteiger charge is -2.27. The summed E-state index contributed by atoms with van der Waals surface area (Å²) in [6.07, 6.45) is 0.502. The van der Waals surface area contributed by atoms with Crippen molar-refractivity contribution in [3.8, 4) is 11.4 Å². The van der Waals surface area contributed by atoms with Crippen LogP contribution in [0.25, 0.3) is 11.4 Å². The Morgan fingerprint density at radius 3 is 2.52 bits per heavy atom. The van der Waals surface area contributed by atoms with Crippen LogP contribution in [0.3, 0.4) is 0 Å². The van der Waals surface area contributed by atoms with Crippen LogP contribution in [0.5, 0.6) is 0 Å². The number of hydrogen-bond donors (Lipinski definition) is 2. The maximum Gasteiger partial charge on any atom is 0.280 e. The van der Waals surface area contributed by atoms with Gasteiger partial charge in [-0.1, -0.05) is 0 Å². The first-order valence-electron chi connectivity index (χ1n) is 9.44. The van der Waals surface area contributed by atoms with Gasteiger partial charge < -0.3 is 10.7 Å². The number of fused-ring (bicyclic) bond motifs is 1. The summed E-state index contributed by atoms with van der Waals surface area (Å²) in [6.45, 7) is 1.000. The Hall–Kier alpha value is -4.12. The average molecular weight is 422 g/mol. The lowest BCUT2D eigenvalue weighted by atomic mass is 10.0. The van der Waals surface area contributed by atoms with Crippen LogP contribution in [0.4, 0.5) is 17.1 Å². The zero-order valence-electron chi connectivity index (χ0n) is 16.3. The summed E-state index contributed by atoms with van der Waals surface area (Å²) in [5.74, 6) is 0.461. The molecule has 3 N–H and O–H groups in total. The molecular weight excluding hydrogens is 404 g/mol. The van der Waals surface area contributed by atoms with E-state index in [0.717, 1.165) is 11.6 Å². The molecule has 1 aliphatic heterocycles. The van der Waals surface area contributed by atoms with E-state index in [4.69, 9.17) is 5.73 Å². The SMILES string of the molecule is Nc1ccc(-c2nc3c(c(=O)[nH]2)CN(Cc2ccc([N+](=O)[O-])cc2[N+](=O)[O-])CC3)cc1. The van der Waals surface area contributed by atoms with E-state index >= 15 is 0 Å². The minimum Gasteiger partial charge on any atom is -0.399 e. The van der Waals surface area contributed by atoms with E-state index in [9.17, 15) is 25.0 Å². The first-order valence-corrected chi connectivity index (χ1v) is 9.44. The number of nitro benzene ring substituents is 2. The van der Waals surface area contributed by atoms with Crippen molar-refractivity contribution in [1.82, 2.24) is 14.9 Å². The van der Waals surface area contributed by atoms with Crippen molar-refractivity contribution in [3.05, 3.63) is 89.9 Å². The van der Waals surface area contributed by atoms with Gasteiger partial charge in [0.15, 0.2) is 0 Å². The Morgan fingerprint density at radius 2 is 1.84 bits per heavy atom. The molecule has 2 aromatic carbocycles. The van der Waals surface area contributed by atoms with E-state index in [1.54, 1.807) is 24.3 Å². The summed E-state index contributed by atoms with van der Waals surface area (Å²) in [5.41, 5.74) is 7.69. The maximum atomic E-state index is 12.7. The summed E-state index contributed by atoms with van der Waals surface area (Å²) < 4.78 is 0. The zero-order chi connectivity index (χ0) is 22.1. The Labute approximate surface area is 175 Å². The van der Waals surface area contributed by atoms with Gasteiger partial charge in [0.2, 0.25) is 0 Å². The summed E-state index contributed by atoms with van der Waals surface area (Å²) in [5, 5.41) is 22.3. The van der Waals surface area contributed by atoms with Crippen LogP contribution in [0, 0.1) is 20.2 Å². The second-order valence-electron chi connectivity index (χ2n) is 7.25. The van der Waals surface area contributed by atoms with Gasteiger partial charge in [0, 0.05) is 48.9 Å². The molecule has 0 bridgehead atoms. The summed E-state index contributed by atoms with van der Waals surface area (Å²) in [6, 6.07) is 10.6. The largest absolute Gasteiger partial charge is 0.399 e. The van der Waals surface area contributed by atoms with Crippen molar-refractivity contribution in [3.63, 3.8) is 0 Å². The van der Waals surface area contributed by atoms with Crippen molar-refractivity contribution >= 4 is 17.1 Å². The van der Waals surface area contributed by atoms with Crippen molar-refractivity contribution in [1.29, 1.82) is 0 Å². The molecular formula is C20H18N6O5. The average Bonchev–Trinajstić information content (AvgIpc) is 2.74. The standard InChI is InChI=1S/C20H18N6O5/c21-14-4-1-12(2-5-14)19-22-17-7-8-24(11-16(17)20(27)23-19)10-13-3-6-15(25(28)29)9-18(13)26(30)31/h1-6,9H,7-8,10-11,21H2,(H,22,23,27). The predicted octanol–water partition coefficient (Wildman–Crippen LogP) is 2.39. The Kier molecular flexibility index (Phi) is 5.17. The van der Waals surface area contributed by atoms with Gasteiger partial charge >= 0.3 is 0 Å². The number of nitrogens with zero attached hydrogens (tertiary/aromatic N) is 4. The Morgan fingerprint density at radius 1 is 1.10 bits per heavy atom. The number of aromatic amines is 1. The molecule has 0 radical (unpaired) electrons. The fraction of sp³-hybridized carbons (Fsp3) is 0.200. The molecule has 158 valence electrons. The second kappa shape index (κ2) is 7.95. The molecule has 0 aliphatic carbocycles. The van der Waals surface area contributed by atoms with Crippen LogP contribution in [0.15, 0.2) is 47.3 Å². The highest BCUT2D eigenvalue weighted by Gasteiger charge is 2.25. The fourth-order valence-electron chi connectivity index (χ4n) is 3.60. The lowest BCUT2D eigenvalue weighted by Crippen LogP contribution is -2.35. The van der Waals surface area contributed by atoms with Crippen molar-refractivity contribution in [2.75, 3.05) is 12.3 Å². The molecule has 11 nitrogen and oxygen atoms in total. The number of hydrogen-bond acceptors (Lipinski definition) is 8. The molecule has 0 saturated carbocycles. The smallest absolute Gasteiger partial charge is 0.280 e. The highest BCUT2D eigenvalue weighted by atomic mass is 16.6. The molecule has 0 fully saturated rings. The van der Waals surface area contributed by atoms with Gasteiger partial charge in [-0.2, -0.15) is 0 Å². The van der Waals surface area contributed by atoms with Crippen molar-refractivity contribution in [2.24, 2.45) is 0 Å². The summed E-state index contributed by atoms with van der Waals surface area (Å²) >= 11 is 0.